The van der Waals surface area contributed by atoms with Gasteiger partial charge in [-0.3, -0.25) is 14.5 Å². The van der Waals surface area contributed by atoms with Crippen LogP contribution in [0.3, 0.4) is 0 Å². The Balaban J connectivity index is 0.00000280. The van der Waals surface area contributed by atoms with E-state index in [4.69, 9.17) is 0 Å². The molecule has 1 aliphatic carbocycles. The number of rotatable bonds is 9. The maximum atomic E-state index is 11.6. The van der Waals surface area contributed by atoms with E-state index < -0.39 is 0 Å². The van der Waals surface area contributed by atoms with E-state index in [2.05, 4.69) is 41.3 Å². The van der Waals surface area contributed by atoms with E-state index in [1.54, 1.807) is 10.9 Å². The molecule has 3 rings (SSSR count). The molecule has 2 aromatic heterocycles. The van der Waals surface area contributed by atoms with Gasteiger partial charge in [0.05, 0.1) is 18.1 Å². The van der Waals surface area contributed by atoms with Crippen LogP contribution in [0.1, 0.15) is 19.8 Å². The zero-order valence-electron chi connectivity index (χ0n) is 16.2. The lowest BCUT2D eigenvalue weighted by Gasteiger charge is -2.12. The number of amides is 1. The standard InChI is InChI=1S/C17H27N9O.HI/c1-3-18-17(22-9-7-20-16(27)12-4-5-12)21-8-6-19-14-13-10-25-26(2)15(13)24-11-23-14;/h10-12H,3-9H2,1-2H3,(H,20,27)(H2,18,21,22)(H,19,23,24);1H. The van der Waals surface area contributed by atoms with Crippen molar-refractivity contribution in [3.63, 3.8) is 0 Å². The van der Waals surface area contributed by atoms with Crippen LogP contribution in [0.25, 0.3) is 11.0 Å². The smallest absolute Gasteiger partial charge is 0.223 e. The van der Waals surface area contributed by atoms with Gasteiger partial charge in [0.15, 0.2) is 11.6 Å². The van der Waals surface area contributed by atoms with Crippen molar-refractivity contribution < 1.29 is 4.79 Å². The van der Waals surface area contributed by atoms with Crippen molar-refractivity contribution in [3.05, 3.63) is 12.5 Å². The second-order valence-corrected chi connectivity index (χ2v) is 6.41. The van der Waals surface area contributed by atoms with Gasteiger partial charge in [-0.05, 0) is 19.8 Å². The summed E-state index contributed by atoms with van der Waals surface area (Å²) in [6.45, 7) is 5.24. The molecule has 0 aliphatic heterocycles. The monoisotopic (exact) mass is 501 g/mol. The molecule has 0 unspecified atom stereocenters. The van der Waals surface area contributed by atoms with Gasteiger partial charge in [-0.1, -0.05) is 0 Å². The lowest BCUT2D eigenvalue weighted by atomic mass is 10.4. The van der Waals surface area contributed by atoms with E-state index in [1.807, 2.05) is 14.0 Å². The predicted octanol–water partition coefficient (Wildman–Crippen LogP) is 0.475. The molecule has 1 aliphatic rings. The van der Waals surface area contributed by atoms with Crippen LogP contribution >= 0.6 is 24.0 Å². The average molecular weight is 501 g/mol. The first kappa shape index (κ1) is 22.1. The second-order valence-electron chi connectivity index (χ2n) is 6.41. The van der Waals surface area contributed by atoms with Crippen molar-refractivity contribution in [2.75, 3.05) is 38.0 Å². The molecule has 154 valence electrons. The Hall–Kier alpha value is -2.18. The van der Waals surface area contributed by atoms with Crippen LogP contribution in [0, 0.1) is 5.92 Å². The summed E-state index contributed by atoms with van der Waals surface area (Å²) in [5.74, 6) is 1.89. The third-order valence-electron chi connectivity index (χ3n) is 4.21. The summed E-state index contributed by atoms with van der Waals surface area (Å²) in [6.07, 6.45) is 5.32. The van der Waals surface area contributed by atoms with Crippen LogP contribution in [0.2, 0.25) is 0 Å². The first-order valence-corrected chi connectivity index (χ1v) is 9.35. The van der Waals surface area contributed by atoms with Crippen molar-refractivity contribution in [1.29, 1.82) is 0 Å². The third-order valence-corrected chi connectivity index (χ3v) is 4.21. The number of aryl methyl sites for hydroxylation is 1. The molecule has 2 heterocycles. The summed E-state index contributed by atoms with van der Waals surface area (Å²) < 4.78 is 1.72. The number of hydrogen-bond donors (Lipinski definition) is 4. The van der Waals surface area contributed by atoms with E-state index in [0.717, 1.165) is 42.2 Å². The van der Waals surface area contributed by atoms with Gasteiger partial charge in [0.2, 0.25) is 5.91 Å². The Morgan fingerprint density at radius 3 is 2.75 bits per heavy atom. The molecule has 0 spiro atoms. The van der Waals surface area contributed by atoms with Gasteiger partial charge in [0.25, 0.3) is 0 Å². The number of hydrogen-bond acceptors (Lipinski definition) is 6. The molecule has 0 radical (unpaired) electrons. The molecule has 28 heavy (non-hydrogen) atoms. The number of carbonyl (C=O) groups is 1. The molecule has 1 fully saturated rings. The van der Waals surface area contributed by atoms with E-state index in [9.17, 15) is 4.79 Å². The van der Waals surface area contributed by atoms with Crippen molar-refractivity contribution in [2.45, 2.75) is 19.8 Å². The molecule has 0 bridgehead atoms. The highest BCUT2D eigenvalue weighted by Crippen LogP contribution is 2.28. The van der Waals surface area contributed by atoms with Crippen LogP contribution in [-0.2, 0) is 11.8 Å². The van der Waals surface area contributed by atoms with E-state index >= 15 is 0 Å². The number of aliphatic imine (C=N–C) groups is 1. The minimum absolute atomic E-state index is 0. The van der Waals surface area contributed by atoms with E-state index in [1.165, 1.54) is 6.33 Å². The van der Waals surface area contributed by atoms with Gasteiger partial charge in [0, 0.05) is 39.1 Å². The number of nitrogens with one attached hydrogen (secondary N) is 4. The predicted molar refractivity (Wildman–Crippen MR) is 120 cm³/mol. The zero-order chi connectivity index (χ0) is 19.1. The molecular weight excluding hydrogens is 473 g/mol. The van der Waals surface area contributed by atoms with E-state index in [0.29, 0.717) is 26.2 Å². The normalized spacial score (nSPS) is 13.7. The maximum absolute atomic E-state index is 11.6. The SMILES string of the molecule is CCNC(=NCCNc1ncnc2c1cnn2C)NCCNC(=O)C1CC1.I. The average Bonchev–Trinajstić information content (AvgIpc) is 3.46. The van der Waals surface area contributed by atoms with E-state index in [-0.39, 0.29) is 35.8 Å². The van der Waals surface area contributed by atoms with Gasteiger partial charge in [-0.2, -0.15) is 5.10 Å². The number of guanidine groups is 1. The number of carbonyl (C=O) groups excluding carboxylic acids is 1. The van der Waals surface area contributed by atoms with Crippen LogP contribution < -0.4 is 21.3 Å². The molecule has 2 aromatic rings. The summed E-state index contributed by atoms with van der Waals surface area (Å²) in [6, 6.07) is 0. The first-order valence-electron chi connectivity index (χ1n) is 9.35. The van der Waals surface area contributed by atoms with Gasteiger partial charge >= 0.3 is 0 Å². The first-order chi connectivity index (χ1) is 13.2. The van der Waals surface area contributed by atoms with Crippen LogP contribution in [0.5, 0.6) is 0 Å². The van der Waals surface area contributed by atoms with Crippen LogP contribution in [0.15, 0.2) is 17.5 Å². The summed E-state index contributed by atoms with van der Waals surface area (Å²) in [5, 5.41) is 17.7. The van der Waals surface area contributed by atoms with Gasteiger partial charge < -0.3 is 21.3 Å². The maximum Gasteiger partial charge on any atom is 0.223 e. The number of anilines is 1. The number of aromatic nitrogens is 4. The Morgan fingerprint density at radius 1 is 1.21 bits per heavy atom. The fraction of sp³-hybridized carbons (Fsp3) is 0.588. The van der Waals surface area contributed by atoms with Crippen molar-refractivity contribution >= 4 is 52.7 Å². The quantitative estimate of drug-likeness (QED) is 0.171. The second kappa shape index (κ2) is 11.0. The molecule has 1 amide bonds. The fourth-order valence-electron chi connectivity index (χ4n) is 2.64. The Bertz CT molecular complexity index is 803. The topological polar surface area (TPSA) is 121 Å². The Kier molecular flexibility index (Phi) is 8.67. The molecule has 0 atom stereocenters. The summed E-state index contributed by atoms with van der Waals surface area (Å²) in [4.78, 5) is 24.6. The Morgan fingerprint density at radius 2 is 2.00 bits per heavy atom. The lowest BCUT2D eigenvalue weighted by Crippen LogP contribution is -2.42. The van der Waals surface area contributed by atoms with Crippen LogP contribution in [0.4, 0.5) is 5.82 Å². The molecule has 0 aromatic carbocycles. The highest BCUT2D eigenvalue weighted by Gasteiger charge is 2.28. The molecule has 0 saturated heterocycles. The minimum Gasteiger partial charge on any atom is -0.367 e. The van der Waals surface area contributed by atoms with Gasteiger partial charge in [-0.15, -0.1) is 24.0 Å². The zero-order valence-corrected chi connectivity index (χ0v) is 18.6. The lowest BCUT2D eigenvalue weighted by molar-refractivity contribution is -0.122. The highest BCUT2D eigenvalue weighted by molar-refractivity contribution is 14.0. The van der Waals surface area contributed by atoms with Gasteiger partial charge in [-0.25, -0.2) is 9.97 Å². The highest BCUT2D eigenvalue weighted by atomic mass is 127. The molecule has 1 saturated carbocycles. The summed E-state index contributed by atoms with van der Waals surface area (Å²) in [5.41, 5.74) is 0.791. The van der Waals surface area contributed by atoms with Crippen molar-refractivity contribution in [2.24, 2.45) is 18.0 Å². The molecular formula is C17H28IN9O. The van der Waals surface area contributed by atoms with Crippen molar-refractivity contribution in [3.8, 4) is 0 Å². The summed E-state index contributed by atoms with van der Waals surface area (Å²) >= 11 is 0. The number of fused-ring (bicyclic) bond motifs is 1. The molecule has 10 nitrogen and oxygen atoms in total. The number of nitrogens with zero attached hydrogens (tertiary/aromatic N) is 5. The minimum atomic E-state index is 0. The fourth-order valence-corrected chi connectivity index (χ4v) is 2.64. The van der Waals surface area contributed by atoms with Gasteiger partial charge in [0.1, 0.15) is 12.1 Å². The van der Waals surface area contributed by atoms with Crippen LogP contribution in [-0.4, -0.2) is 64.3 Å². The van der Waals surface area contributed by atoms with Crippen molar-refractivity contribution in [1.82, 2.24) is 35.7 Å². The largest absolute Gasteiger partial charge is 0.367 e. The Labute approximate surface area is 181 Å². The number of halogens is 1. The summed E-state index contributed by atoms with van der Waals surface area (Å²) in [7, 11) is 1.85. The molecule has 11 heteroatoms. The third kappa shape index (κ3) is 6.17. The molecule has 4 N–H and O–H groups in total.